The monoisotopic (exact) mass is 564 g/mol. The topological polar surface area (TPSA) is 0 Å². The van der Waals surface area contributed by atoms with Gasteiger partial charge >= 0.3 is 0 Å². The SMILES string of the molecule is CCCCCCCCC1(CCCCCCCC)c2cc(C)ccc2-c2c1cc(C=C(C)CCCCC)c1ccccc21. The first-order valence-electron chi connectivity index (χ1n) is 17.9. The predicted molar refractivity (Wildman–Crippen MR) is 189 cm³/mol. The molecule has 0 heterocycles. The van der Waals surface area contributed by atoms with Gasteiger partial charge in [-0.05, 0) is 84.2 Å². The van der Waals surface area contributed by atoms with E-state index in [1.165, 1.54) is 149 Å². The predicted octanol–water partition coefficient (Wildman–Crippen LogP) is 13.9. The average molecular weight is 565 g/mol. The summed E-state index contributed by atoms with van der Waals surface area (Å²) in [6.07, 6.45) is 26.6. The maximum Gasteiger partial charge on any atom is 0.0215 e. The minimum absolute atomic E-state index is 0.134. The van der Waals surface area contributed by atoms with Gasteiger partial charge in [-0.25, -0.2) is 0 Å². The van der Waals surface area contributed by atoms with E-state index in [9.17, 15) is 0 Å². The van der Waals surface area contributed by atoms with Crippen molar-refractivity contribution in [3.05, 3.63) is 76.4 Å². The van der Waals surface area contributed by atoms with E-state index in [0.29, 0.717) is 0 Å². The second-order valence-electron chi connectivity index (χ2n) is 13.5. The second kappa shape index (κ2) is 16.5. The summed E-state index contributed by atoms with van der Waals surface area (Å²) in [4.78, 5) is 0. The Labute approximate surface area is 259 Å². The minimum Gasteiger partial charge on any atom is -0.0727 e. The van der Waals surface area contributed by atoms with Crippen LogP contribution < -0.4 is 0 Å². The highest BCUT2D eigenvalue weighted by Crippen LogP contribution is 2.57. The Kier molecular flexibility index (Phi) is 12.8. The molecule has 0 N–H and O–H groups in total. The third-order valence-corrected chi connectivity index (χ3v) is 10.0. The van der Waals surface area contributed by atoms with E-state index in [-0.39, 0.29) is 5.41 Å². The van der Waals surface area contributed by atoms with Crippen LogP contribution >= 0.6 is 0 Å². The molecule has 0 aliphatic heterocycles. The summed E-state index contributed by atoms with van der Waals surface area (Å²) in [7, 11) is 0. The summed E-state index contributed by atoms with van der Waals surface area (Å²) in [6, 6.07) is 19.3. The van der Waals surface area contributed by atoms with Crippen LogP contribution in [0.25, 0.3) is 28.0 Å². The number of hydrogen-bond acceptors (Lipinski definition) is 0. The molecular weight excluding hydrogens is 504 g/mol. The van der Waals surface area contributed by atoms with Gasteiger partial charge in [-0.2, -0.15) is 0 Å². The normalized spacial score (nSPS) is 14.0. The molecule has 0 radical (unpaired) electrons. The number of hydrogen-bond donors (Lipinski definition) is 0. The molecule has 0 spiro atoms. The lowest BCUT2D eigenvalue weighted by molar-refractivity contribution is 0.398. The van der Waals surface area contributed by atoms with Gasteiger partial charge in [-0.3, -0.25) is 0 Å². The van der Waals surface area contributed by atoms with Crippen molar-refractivity contribution >= 4 is 16.8 Å². The van der Waals surface area contributed by atoms with Crippen molar-refractivity contribution < 1.29 is 0 Å². The van der Waals surface area contributed by atoms with Gasteiger partial charge in [0.2, 0.25) is 0 Å². The summed E-state index contributed by atoms with van der Waals surface area (Å²) >= 11 is 0. The van der Waals surface area contributed by atoms with Crippen LogP contribution in [-0.2, 0) is 5.41 Å². The fraction of sp³-hybridized carbons (Fsp3) is 0.571. The lowest BCUT2D eigenvalue weighted by Gasteiger charge is -2.33. The molecule has 228 valence electrons. The molecule has 0 aromatic heterocycles. The van der Waals surface area contributed by atoms with Crippen molar-refractivity contribution in [1.29, 1.82) is 0 Å². The Bertz CT molecular complexity index is 1270. The van der Waals surface area contributed by atoms with E-state index < -0.39 is 0 Å². The Morgan fingerprint density at radius 2 is 1.19 bits per heavy atom. The number of benzene rings is 3. The van der Waals surface area contributed by atoms with E-state index in [0.717, 1.165) is 0 Å². The maximum atomic E-state index is 2.66. The van der Waals surface area contributed by atoms with E-state index in [1.807, 2.05) is 0 Å². The smallest absolute Gasteiger partial charge is 0.0215 e. The first-order valence-corrected chi connectivity index (χ1v) is 17.9. The van der Waals surface area contributed by atoms with E-state index >= 15 is 0 Å². The summed E-state index contributed by atoms with van der Waals surface area (Å²) in [5.41, 5.74) is 10.8. The largest absolute Gasteiger partial charge is 0.0727 e. The molecule has 0 unspecified atom stereocenters. The molecule has 0 nitrogen and oxygen atoms in total. The van der Waals surface area contributed by atoms with Gasteiger partial charge < -0.3 is 0 Å². The van der Waals surface area contributed by atoms with Gasteiger partial charge in [-0.1, -0.05) is 170 Å². The number of allylic oxidation sites excluding steroid dienone is 1. The highest BCUT2D eigenvalue weighted by Gasteiger charge is 2.43. The van der Waals surface area contributed by atoms with Crippen molar-refractivity contribution in [2.75, 3.05) is 0 Å². The van der Waals surface area contributed by atoms with Crippen molar-refractivity contribution in [1.82, 2.24) is 0 Å². The Balaban J connectivity index is 1.80. The second-order valence-corrected chi connectivity index (χ2v) is 13.5. The third-order valence-electron chi connectivity index (χ3n) is 10.0. The lowest BCUT2D eigenvalue weighted by atomic mass is 9.70. The van der Waals surface area contributed by atoms with Crippen LogP contribution in [-0.4, -0.2) is 0 Å². The van der Waals surface area contributed by atoms with Crippen LogP contribution in [0.1, 0.15) is 166 Å². The van der Waals surface area contributed by atoms with Crippen molar-refractivity contribution in [2.45, 2.75) is 156 Å². The van der Waals surface area contributed by atoms with Gasteiger partial charge in [0.25, 0.3) is 0 Å². The molecule has 0 bridgehead atoms. The van der Waals surface area contributed by atoms with Crippen molar-refractivity contribution in [3.8, 4) is 11.1 Å². The van der Waals surface area contributed by atoms with Crippen molar-refractivity contribution in [3.63, 3.8) is 0 Å². The molecule has 0 saturated heterocycles. The molecule has 4 rings (SSSR count). The Hall–Kier alpha value is -2.34. The quantitative estimate of drug-likeness (QED) is 0.127. The van der Waals surface area contributed by atoms with Crippen LogP contribution in [0.15, 0.2) is 54.1 Å². The van der Waals surface area contributed by atoms with Crippen LogP contribution in [0.4, 0.5) is 0 Å². The molecular formula is C42H60. The maximum absolute atomic E-state index is 2.66. The molecule has 3 aromatic rings. The molecule has 0 saturated carbocycles. The molecule has 1 aliphatic rings. The standard InChI is InChI=1S/C42H60/c1-6-9-12-14-16-21-28-42(29-22-17-15-13-10-7-2)39-31-34(5)26-27-38(39)41-37-25-20-19-24-36(37)35(32-40(41)42)30-33(4)23-18-11-8-3/h19-20,24-27,30-32H,6-18,21-23,28-29H2,1-5H3. The zero-order valence-corrected chi connectivity index (χ0v) is 27.9. The molecule has 3 aromatic carbocycles. The van der Waals surface area contributed by atoms with Crippen molar-refractivity contribution in [2.24, 2.45) is 0 Å². The van der Waals surface area contributed by atoms with E-state index in [4.69, 9.17) is 0 Å². The summed E-state index contributed by atoms with van der Waals surface area (Å²) in [6.45, 7) is 11.6. The molecule has 0 fully saturated rings. The average Bonchev–Trinajstić information content (AvgIpc) is 3.25. The van der Waals surface area contributed by atoms with Gasteiger partial charge in [0, 0.05) is 5.41 Å². The Morgan fingerprint density at radius 3 is 1.83 bits per heavy atom. The van der Waals surface area contributed by atoms with E-state index in [2.05, 4.69) is 89.2 Å². The summed E-state index contributed by atoms with van der Waals surface area (Å²) < 4.78 is 0. The van der Waals surface area contributed by atoms with Gasteiger partial charge in [0.15, 0.2) is 0 Å². The van der Waals surface area contributed by atoms with Gasteiger partial charge in [-0.15, -0.1) is 0 Å². The molecule has 1 aliphatic carbocycles. The number of aryl methyl sites for hydroxylation is 1. The lowest BCUT2D eigenvalue weighted by Crippen LogP contribution is -2.26. The third kappa shape index (κ3) is 7.78. The summed E-state index contributed by atoms with van der Waals surface area (Å²) in [5.74, 6) is 0. The van der Waals surface area contributed by atoms with Crippen LogP contribution in [0, 0.1) is 6.92 Å². The molecule has 42 heavy (non-hydrogen) atoms. The number of rotatable bonds is 19. The molecule has 0 atom stereocenters. The van der Waals surface area contributed by atoms with Gasteiger partial charge in [0.05, 0.1) is 0 Å². The molecule has 0 heteroatoms. The Morgan fingerprint density at radius 1 is 0.619 bits per heavy atom. The van der Waals surface area contributed by atoms with Crippen LogP contribution in [0.2, 0.25) is 0 Å². The minimum atomic E-state index is 0.134. The van der Waals surface area contributed by atoms with Crippen LogP contribution in [0.5, 0.6) is 0 Å². The highest BCUT2D eigenvalue weighted by atomic mass is 14.5. The zero-order chi connectivity index (χ0) is 29.8. The molecule has 0 amide bonds. The highest BCUT2D eigenvalue weighted by molar-refractivity contribution is 6.06. The zero-order valence-electron chi connectivity index (χ0n) is 27.9. The van der Waals surface area contributed by atoms with Crippen LogP contribution in [0.3, 0.4) is 0 Å². The fourth-order valence-electron chi connectivity index (χ4n) is 7.68. The number of unbranched alkanes of at least 4 members (excludes halogenated alkanes) is 12. The first-order chi connectivity index (χ1) is 20.6. The van der Waals surface area contributed by atoms with Gasteiger partial charge in [0.1, 0.15) is 0 Å². The fourth-order valence-corrected chi connectivity index (χ4v) is 7.68. The summed E-state index contributed by atoms with van der Waals surface area (Å²) in [5, 5.41) is 2.88. The first kappa shape index (κ1) is 32.6. The van der Waals surface area contributed by atoms with E-state index in [1.54, 1.807) is 16.7 Å². The number of fused-ring (bicyclic) bond motifs is 5.